The van der Waals surface area contributed by atoms with Crippen LogP contribution >= 0.6 is 0 Å². The van der Waals surface area contributed by atoms with E-state index in [4.69, 9.17) is 14.2 Å². The van der Waals surface area contributed by atoms with Gasteiger partial charge in [0.05, 0.1) is 12.1 Å². The molecule has 0 atom stereocenters. The summed E-state index contributed by atoms with van der Waals surface area (Å²) in [4.78, 5) is 15.9. The van der Waals surface area contributed by atoms with E-state index in [0.29, 0.717) is 5.56 Å². The summed E-state index contributed by atoms with van der Waals surface area (Å²) in [5.74, 6) is -0.522. The van der Waals surface area contributed by atoms with Crippen molar-refractivity contribution in [3.8, 4) is 11.5 Å². The van der Waals surface area contributed by atoms with Gasteiger partial charge in [-0.15, -0.1) is 0 Å². The van der Waals surface area contributed by atoms with Gasteiger partial charge >= 0.3 is 0 Å². The zero-order chi connectivity index (χ0) is 34.3. The summed E-state index contributed by atoms with van der Waals surface area (Å²) < 4.78 is 43.2. The molecule has 0 aromatic heterocycles. The van der Waals surface area contributed by atoms with E-state index in [1.54, 1.807) is 14.2 Å². The van der Waals surface area contributed by atoms with Crippen molar-refractivity contribution >= 4 is 17.2 Å². The minimum absolute atomic E-state index is 0.0625. The number of amides is 1. The van der Waals surface area contributed by atoms with Crippen molar-refractivity contribution in [3.05, 3.63) is 85.9 Å². The van der Waals surface area contributed by atoms with Gasteiger partial charge in [0.25, 0.3) is 5.91 Å². The third kappa shape index (κ3) is 6.47. The average molecular weight is 673 g/mol. The second-order valence-corrected chi connectivity index (χ2v) is 14.0. The molecule has 5 aliphatic heterocycles. The van der Waals surface area contributed by atoms with Crippen LogP contribution in [0.4, 0.5) is 14.5 Å². The highest BCUT2D eigenvalue weighted by Gasteiger charge is 2.35. The molecule has 0 unspecified atom stereocenters. The van der Waals surface area contributed by atoms with Gasteiger partial charge in [-0.3, -0.25) is 4.79 Å². The second kappa shape index (κ2) is 13.8. The molecule has 1 N–H and O–H groups in total. The van der Waals surface area contributed by atoms with E-state index >= 15 is 0 Å². The van der Waals surface area contributed by atoms with Gasteiger partial charge in [0, 0.05) is 85.3 Å². The van der Waals surface area contributed by atoms with Crippen LogP contribution < -0.4 is 30.1 Å². The molecule has 3 aromatic rings. The van der Waals surface area contributed by atoms with Gasteiger partial charge in [0.15, 0.2) is 6.29 Å². The Kier molecular flexibility index (Phi) is 9.50. The van der Waals surface area contributed by atoms with E-state index in [1.165, 1.54) is 69.4 Å². The van der Waals surface area contributed by atoms with Crippen molar-refractivity contribution in [1.82, 2.24) is 9.89 Å². The highest BCUT2D eigenvalue weighted by molar-refractivity contribution is 5.96. The standard InChI is InChI=1S/C36H39N3O4.C4H8F2/c1-41-30(42-2)21-37-36(40)25-9-3-8-22(18-25)31-28-19-23-10-4-14-38-16-6-12-26(32(23)38)34(28)43-35-27-13-7-17-39-15-5-11-24(33(27)39)20-29(31)35;1-3-4(2,5)6/h3,8-9,18-20,30H,4-7,10-17,21H2,1-2H3;3H2,1-2H3/p+1. The first-order valence-corrected chi connectivity index (χ1v) is 18.0. The van der Waals surface area contributed by atoms with Gasteiger partial charge in [-0.25, -0.2) is 13.4 Å². The number of anilines is 1. The van der Waals surface area contributed by atoms with Crippen LogP contribution in [-0.4, -0.2) is 65.1 Å². The molecule has 8 rings (SSSR count). The Bertz CT molecular complexity index is 1890. The van der Waals surface area contributed by atoms with Crippen LogP contribution in [-0.2, 0) is 35.2 Å². The van der Waals surface area contributed by atoms with Gasteiger partial charge in [0.2, 0.25) is 11.3 Å². The number of nitrogens with zero attached hydrogens (tertiary/aromatic N) is 2. The summed E-state index contributed by atoms with van der Waals surface area (Å²) in [6.07, 6.45) is 8.40. The fourth-order valence-corrected chi connectivity index (χ4v) is 8.18. The van der Waals surface area contributed by atoms with Gasteiger partial charge in [0.1, 0.15) is 24.6 Å². The fourth-order valence-electron chi connectivity index (χ4n) is 8.18. The largest absolute Gasteiger partial charge is 0.455 e. The first-order chi connectivity index (χ1) is 23.7. The maximum Gasteiger partial charge on any atom is 0.251 e. The quantitative estimate of drug-likeness (QED) is 0.207. The van der Waals surface area contributed by atoms with Crippen LogP contribution in [0, 0.1) is 0 Å². The molecular weight excluding hydrogens is 624 g/mol. The average Bonchev–Trinajstić information content (AvgIpc) is 3.12. The van der Waals surface area contributed by atoms with E-state index < -0.39 is 12.2 Å². The summed E-state index contributed by atoms with van der Waals surface area (Å²) in [5.41, 5.74) is 11.1. The van der Waals surface area contributed by atoms with Crippen LogP contribution in [0.3, 0.4) is 0 Å². The molecule has 0 saturated heterocycles. The van der Waals surface area contributed by atoms with Gasteiger partial charge in [-0.2, -0.15) is 0 Å². The Morgan fingerprint density at radius 1 is 0.959 bits per heavy atom. The predicted molar refractivity (Wildman–Crippen MR) is 188 cm³/mol. The number of hydrogen-bond donors (Lipinski definition) is 1. The van der Waals surface area contributed by atoms with E-state index in [-0.39, 0.29) is 18.9 Å². The lowest BCUT2D eigenvalue weighted by atomic mass is 9.82. The molecule has 0 bridgehead atoms. The van der Waals surface area contributed by atoms with Gasteiger partial charge < -0.3 is 24.4 Å². The van der Waals surface area contributed by atoms with Crippen molar-refractivity contribution < 1.29 is 27.8 Å². The summed E-state index contributed by atoms with van der Waals surface area (Å²) in [6, 6.07) is 12.9. The number of fused-ring (bicyclic) bond motifs is 4. The monoisotopic (exact) mass is 672 g/mol. The molecule has 0 aliphatic carbocycles. The molecule has 0 fully saturated rings. The van der Waals surface area contributed by atoms with Crippen LogP contribution in [0.25, 0.3) is 5.57 Å². The number of halogens is 2. The molecule has 3 aromatic carbocycles. The Morgan fingerprint density at radius 3 is 2.39 bits per heavy atom. The number of alkyl halides is 2. The number of nitrogens with one attached hydrogen (secondary N) is 1. The number of rotatable bonds is 7. The predicted octanol–water partition coefficient (Wildman–Crippen LogP) is 5.52. The number of carbonyl (C=O) groups is 1. The molecule has 5 heterocycles. The molecule has 49 heavy (non-hydrogen) atoms. The minimum Gasteiger partial charge on any atom is -0.455 e. The molecule has 9 heteroatoms. The lowest BCUT2D eigenvalue weighted by Crippen LogP contribution is -2.45. The number of hydrogen-bond acceptors (Lipinski definition) is 5. The summed E-state index contributed by atoms with van der Waals surface area (Å²) in [6.45, 7) is 7.17. The summed E-state index contributed by atoms with van der Waals surface area (Å²) in [5, 5.41) is 5.58. The zero-order valence-electron chi connectivity index (χ0n) is 29.2. The van der Waals surface area contributed by atoms with Gasteiger partial charge in [-0.1, -0.05) is 19.1 Å². The molecule has 260 valence electrons. The highest BCUT2D eigenvalue weighted by atomic mass is 19.3. The van der Waals surface area contributed by atoms with Crippen molar-refractivity contribution in [2.45, 2.75) is 83.8 Å². The van der Waals surface area contributed by atoms with Crippen LogP contribution in [0.2, 0.25) is 0 Å². The molecule has 0 spiro atoms. The molecule has 0 radical (unpaired) electrons. The summed E-state index contributed by atoms with van der Waals surface area (Å²) in [7, 11) is 3.16. The van der Waals surface area contributed by atoms with Crippen molar-refractivity contribution in [2.75, 3.05) is 51.8 Å². The third-order valence-electron chi connectivity index (χ3n) is 10.7. The van der Waals surface area contributed by atoms with Crippen molar-refractivity contribution in [2.24, 2.45) is 0 Å². The number of benzene rings is 3. The van der Waals surface area contributed by atoms with E-state index in [9.17, 15) is 13.6 Å². The first kappa shape index (κ1) is 33.7. The second-order valence-electron chi connectivity index (χ2n) is 14.0. The summed E-state index contributed by atoms with van der Waals surface area (Å²) >= 11 is 0. The van der Waals surface area contributed by atoms with E-state index in [0.717, 1.165) is 88.7 Å². The maximum absolute atomic E-state index is 13.3. The third-order valence-corrected chi connectivity index (χ3v) is 10.7. The lowest BCUT2D eigenvalue weighted by molar-refractivity contribution is -0.0974. The highest BCUT2D eigenvalue weighted by Crippen LogP contribution is 2.48. The molecule has 7 nitrogen and oxygen atoms in total. The normalized spacial score (nSPS) is 17.2. The van der Waals surface area contributed by atoms with Gasteiger partial charge in [-0.05, 0) is 80.8 Å². The number of aryl methyl sites for hydroxylation is 2. The Labute approximate surface area is 287 Å². The SMILES string of the molecule is CCC(C)(F)F.COC(CNC(=O)c1cccc(C2=c3cc4c5c(c3Oc3c2cc2c6c3CCCN6CCC2)CCC[N+]=5CCC4)c1)OC. The Hall–Kier alpha value is -3.82. The molecule has 0 saturated carbocycles. The zero-order valence-corrected chi connectivity index (χ0v) is 29.2. The minimum atomic E-state index is -2.46. The molecule has 1 amide bonds. The van der Waals surface area contributed by atoms with E-state index in [1.807, 2.05) is 18.2 Å². The number of ether oxygens (including phenoxy) is 3. The van der Waals surface area contributed by atoms with Crippen LogP contribution in [0.1, 0.15) is 89.7 Å². The number of methoxy groups -OCH3 is 2. The van der Waals surface area contributed by atoms with Crippen LogP contribution in [0.15, 0.2) is 36.4 Å². The first-order valence-electron chi connectivity index (χ1n) is 18.0. The van der Waals surface area contributed by atoms with E-state index in [2.05, 4.69) is 33.0 Å². The van der Waals surface area contributed by atoms with Crippen molar-refractivity contribution in [1.29, 1.82) is 0 Å². The Morgan fingerprint density at radius 2 is 1.65 bits per heavy atom. The van der Waals surface area contributed by atoms with Crippen molar-refractivity contribution in [3.63, 3.8) is 0 Å². The lowest BCUT2D eigenvalue weighted by Gasteiger charge is -2.39. The molecular formula is C40H48F2N3O4+. The Balaban J connectivity index is 0.000000581. The number of carbonyl (C=O) groups excluding carboxylic acids is 1. The smallest absolute Gasteiger partial charge is 0.251 e. The fraction of sp³-hybridized carbons (Fsp3) is 0.500. The topological polar surface area (TPSA) is 63.0 Å². The van der Waals surface area contributed by atoms with Crippen LogP contribution in [0.5, 0.6) is 11.5 Å². The maximum atomic E-state index is 13.3. The molecule has 5 aliphatic rings.